The van der Waals surface area contributed by atoms with Gasteiger partial charge < -0.3 is 0 Å². The van der Waals surface area contributed by atoms with Gasteiger partial charge in [-0.05, 0) is 57.0 Å². The van der Waals surface area contributed by atoms with Crippen LogP contribution in [-0.2, 0) is 0 Å². The van der Waals surface area contributed by atoms with Crippen molar-refractivity contribution in [2.24, 2.45) is 0 Å². The quantitative estimate of drug-likeness (QED) is 0.748. The lowest BCUT2D eigenvalue weighted by atomic mass is 10.1. The molecule has 1 aromatic carbocycles. The highest BCUT2D eigenvalue weighted by Gasteiger charge is 2.09. The molecule has 17 heavy (non-hydrogen) atoms. The van der Waals surface area contributed by atoms with Crippen molar-refractivity contribution in [2.75, 3.05) is 0 Å². The Balaban J connectivity index is 2.58. The molecule has 0 saturated heterocycles. The summed E-state index contributed by atoms with van der Waals surface area (Å²) in [4.78, 5) is 0. The van der Waals surface area contributed by atoms with Crippen molar-refractivity contribution in [2.45, 2.75) is 27.7 Å². The van der Waals surface area contributed by atoms with E-state index >= 15 is 0 Å². The van der Waals surface area contributed by atoms with Crippen LogP contribution in [0.3, 0.4) is 0 Å². The Morgan fingerprint density at radius 3 is 2.35 bits per heavy atom. The lowest BCUT2D eigenvalue weighted by molar-refractivity contribution is 0.832. The van der Waals surface area contributed by atoms with E-state index in [1.807, 2.05) is 36.7 Å². The first-order valence-electron chi connectivity index (χ1n) is 5.58. The summed E-state index contributed by atoms with van der Waals surface area (Å²) < 4.78 is 1.93. The van der Waals surface area contributed by atoms with Crippen molar-refractivity contribution in [3.63, 3.8) is 0 Å². The Bertz CT molecular complexity index is 615. The number of aryl methyl sites for hydroxylation is 2. The molecule has 0 unspecified atom stereocenters. The van der Waals surface area contributed by atoms with Crippen molar-refractivity contribution in [3.05, 3.63) is 46.3 Å². The number of nitrogens with zero attached hydrogens (tertiary/aromatic N) is 3. The Morgan fingerprint density at radius 2 is 1.88 bits per heavy atom. The molecular weight excluding hydrogens is 210 g/mol. The second-order valence-electron chi connectivity index (χ2n) is 4.32. The molecule has 0 amide bonds. The van der Waals surface area contributed by atoms with Crippen molar-refractivity contribution in [1.82, 2.24) is 9.78 Å². The molecule has 0 saturated carbocycles. The fourth-order valence-corrected chi connectivity index (χ4v) is 1.88. The molecule has 2 aromatic rings. The first kappa shape index (κ1) is 11.4. The van der Waals surface area contributed by atoms with E-state index in [-0.39, 0.29) is 0 Å². The van der Waals surface area contributed by atoms with Crippen LogP contribution in [0.2, 0.25) is 0 Å². The largest absolute Gasteiger partial charge is 0.238 e. The van der Waals surface area contributed by atoms with E-state index in [0.29, 0.717) is 5.56 Å². The summed E-state index contributed by atoms with van der Waals surface area (Å²) in [5.74, 6) is 0. The summed E-state index contributed by atoms with van der Waals surface area (Å²) in [5.41, 5.74) is 6.11. The average molecular weight is 225 g/mol. The van der Waals surface area contributed by atoms with Crippen LogP contribution in [0.5, 0.6) is 0 Å². The van der Waals surface area contributed by atoms with Gasteiger partial charge in [0.25, 0.3) is 0 Å². The predicted molar refractivity (Wildman–Crippen MR) is 67.2 cm³/mol. The maximum Gasteiger partial charge on any atom is 0.0994 e. The van der Waals surface area contributed by atoms with Crippen LogP contribution in [0, 0.1) is 39.0 Å². The van der Waals surface area contributed by atoms with Gasteiger partial charge in [-0.1, -0.05) is 0 Å². The predicted octanol–water partition coefficient (Wildman–Crippen LogP) is 2.98. The zero-order valence-electron chi connectivity index (χ0n) is 10.6. The van der Waals surface area contributed by atoms with Crippen LogP contribution >= 0.6 is 0 Å². The van der Waals surface area contributed by atoms with Gasteiger partial charge in [0.1, 0.15) is 0 Å². The van der Waals surface area contributed by atoms with Gasteiger partial charge in [0.2, 0.25) is 0 Å². The third-order valence-corrected chi connectivity index (χ3v) is 3.23. The Morgan fingerprint density at radius 1 is 1.18 bits per heavy atom. The van der Waals surface area contributed by atoms with Crippen molar-refractivity contribution < 1.29 is 0 Å². The lowest BCUT2D eigenvalue weighted by Gasteiger charge is -2.06. The molecule has 86 valence electrons. The molecule has 0 N–H and O–H groups in total. The second kappa shape index (κ2) is 4.06. The van der Waals surface area contributed by atoms with Gasteiger partial charge in [0.15, 0.2) is 0 Å². The summed E-state index contributed by atoms with van der Waals surface area (Å²) in [6.45, 7) is 8.09. The molecule has 0 bridgehead atoms. The monoisotopic (exact) mass is 225 g/mol. The SMILES string of the molecule is Cc1cc(-n2nc(C)c(C)c2C)ccc1C#N. The van der Waals surface area contributed by atoms with Crippen molar-refractivity contribution >= 4 is 0 Å². The number of benzene rings is 1. The molecule has 0 spiro atoms. The topological polar surface area (TPSA) is 41.6 Å². The Kier molecular flexibility index (Phi) is 2.72. The average Bonchev–Trinajstić information content (AvgIpc) is 2.57. The van der Waals surface area contributed by atoms with Gasteiger partial charge in [-0.3, -0.25) is 0 Å². The standard InChI is InChI=1S/C14H15N3/c1-9-7-14(6-5-13(9)8-15)17-12(4)10(2)11(3)16-17/h5-7H,1-4H3. The van der Waals surface area contributed by atoms with Crippen LogP contribution in [0.4, 0.5) is 0 Å². The van der Waals surface area contributed by atoms with Crippen molar-refractivity contribution in [1.29, 1.82) is 5.26 Å². The maximum absolute atomic E-state index is 8.91. The van der Waals surface area contributed by atoms with E-state index in [2.05, 4.69) is 25.0 Å². The molecule has 0 radical (unpaired) electrons. The van der Waals surface area contributed by atoms with E-state index in [1.165, 1.54) is 5.56 Å². The fourth-order valence-electron chi connectivity index (χ4n) is 1.88. The molecule has 0 atom stereocenters. The Hall–Kier alpha value is -2.08. The molecule has 0 aliphatic carbocycles. The van der Waals surface area contributed by atoms with E-state index in [0.717, 1.165) is 22.6 Å². The van der Waals surface area contributed by atoms with Crippen LogP contribution in [0.25, 0.3) is 5.69 Å². The number of hydrogen-bond acceptors (Lipinski definition) is 2. The van der Waals surface area contributed by atoms with Gasteiger partial charge >= 0.3 is 0 Å². The first-order chi connectivity index (χ1) is 8.04. The number of aromatic nitrogens is 2. The summed E-state index contributed by atoms with van der Waals surface area (Å²) >= 11 is 0. The molecule has 1 aromatic heterocycles. The fraction of sp³-hybridized carbons (Fsp3) is 0.286. The number of nitriles is 1. The second-order valence-corrected chi connectivity index (χ2v) is 4.32. The molecule has 2 rings (SSSR count). The summed E-state index contributed by atoms with van der Waals surface area (Å²) in [6.07, 6.45) is 0. The summed E-state index contributed by atoms with van der Waals surface area (Å²) in [6, 6.07) is 7.95. The minimum atomic E-state index is 0.715. The highest BCUT2D eigenvalue weighted by atomic mass is 15.3. The summed E-state index contributed by atoms with van der Waals surface area (Å²) in [7, 11) is 0. The molecule has 0 aliphatic rings. The lowest BCUT2D eigenvalue weighted by Crippen LogP contribution is -2.00. The van der Waals surface area contributed by atoms with Gasteiger partial charge in [-0.25, -0.2) is 4.68 Å². The number of hydrogen-bond donors (Lipinski definition) is 0. The van der Waals surface area contributed by atoms with E-state index < -0.39 is 0 Å². The molecule has 0 fully saturated rings. The van der Waals surface area contributed by atoms with Gasteiger partial charge in [0.05, 0.1) is 23.0 Å². The van der Waals surface area contributed by atoms with Crippen LogP contribution in [-0.4, -0.2) is 9.78 Å². The summed E-state index contributed by atoms with van der Waals surface area (Å²) in [5, 5.41) is 13.4. The van der Waals surface area contributed by atoms with Crippen molar-refractivity contribution in [3.8, 4) is 11.8 Å². The van der Waals surface area contributed by atoms with E-state index in [1.54, 1.807) is 0 Å². The highest BCUT2D eigenvalue weighted by Crippen LogP contribution is 2.19. The first-order valence-corrected chi connectivity index (χ1v) is 5.58. The molecular formula is C14H15N3. The van der Waals surface area contributed by atoms with E-state index in [9.17, 15) is 0 Å². The Labute approximate surface area is 101 Å². The third-order valence-electron chi connectivity index (χ3n) is 3.23. The van der Waals surface area contributed by atoms with Crippen LogP contribution < -0.4 is 0 Å². The zero-order chi connectivity index (χ0) is 12.6. The zero-order valence-corrected chi connectivity index (χ0v) is 10.6. The minimum absolute atomic E-state index is 0.715. The van der Waals surface area contributed by atoms with E-state index in [4.69, 9.17) is 5.26 Å². The highest BCUT2D eigenvalue weighted by molar-refractivity contribution is 5.46. The third kappa shape index (κ3) is 1.83. The van der Waals surface area contributed by atoms with Gasteiger partial charge in [0, 0.05) is 5.69 Å². The number of rotatable bonds is 1. The molecule has 3 nitrogen and oxygen atoms in total. The maximum atomic E-state index is 8.91. The van der Waals surface area contributed by atoms with Crippen LogP contribution in [0.15, 0.2) is 18.2 Å². The van der Waals surface area contributed by atoms with Gasteiger partial charge in [-0.15, -0.1) is 0 Å². The smallest absolute Gasteiger partial charge is 0.0994 e. The minimum Gasteiger partial charge on any atom is -0.238 e. The molecule has 0 aliphatic heterocycles. The van der Waals surface area contributed by atoms with Gasteiger partial charge in [-0.2, -0.15) is 10.4 Å². The normalized spacial score (nSPS) is 10.3. The molecule has 3 heteroatoms. The molecule has 1 heterocycles. The van der Waals surface area contributed by atoms with Crippen LogP contribution in [0.1, 0.15) is 28.1 Å².